The minimum absolute atomic E-state index is 0.925. The summed E-state index contributed by atoms with van der Waals surface area (Å²) in [7, 11) is -4.37. The Morgan fingerprint density at radius 1 is 1.00 bits per heavy atom. The molecule has 0 rings (SSSR count). The molecule has 84 valence electrons. The van der Waals surface area contributed by atoms with Crippen LogP contribution in [0.3, 0.4) is 0 Å². The third-order valence-corrected chi connectivity index (χ3v) is 9.81. The van der Waals surface area contributed by atoms with Crippen molar-refractivity contribution in [3.05, 3.63) is 12.7 Å². The highest BCUT2D eigenvalue weighted by Crippen LogP contribution is 2.14. The van der Waals surface area contributed by atoms with Gasteiger partial charge in [-0.3, -0.25) is 0 Å². The highest BCUT2D eigenvalue weighted by atomic mass is 28.4. The average Bonchev–Trinajstić information content (AvgIpc) is 1.78. The lowest BCUT2D eigenvalue weighted by Gasteiger charge is -2.30. The molecule has 0 radical (unpaired) electrons. The quantitative estimate of drug-likeness (QED) is 0.531. The zero-order chi connectivity index (χ0) is 11.4. The third-order valence-electron chi connectivity index (χ3n) is 1.33. The van der Waals surface area contributed by atoms with Crippen LogP contribution in [-0.2, 0) is 8.23 Å². The van der Waals surface area contributed by atoms with Gasteiger partial charge >= 0.3 is 9.28 Å². The second kappa shape index (κ2) is 5.41. The fourth-order valence-electron chi connectivity index (χ4n) is 1.05. The van der Waals surface area contributed by atoms with Crippen LogP contribution in [0.1, 0.15) is 0 Å². The van der Waals surface area contributed by atoms with Crippen molar-refractivity contribution >= 4 is 25.9 Å². The fraction of sp³-hybridized carbons (Fsp3) is 0.778. The van der Waals surface area contributed by atoms with E-state index in [9.17, 15) is 0 Å². The maximum absolute atomic E-state index is 6.07. The van der Waals surface area contributed by atoms with Crippen molar-refractivity contribution in [2.24, 2.45) is 0 Å². The van der Waals surface area contributed by atoms with Crippen molar-refractivity contribution in [3.8, 4) is 0 Å². The first-order valence-electron chi connectivity index (χ1n) is 5.10. The van der Waals surface area contributed by atoms with Gasteiger partial charge in [-0.25, -0.2) is 0 Å². The van der Waals surface area contributed by atoms with Gasteiger partial charge in [-0.05, 0) is 39.3 Å². The van der Waals surface area contributed by atoms with E-state index in [-0.39, 0.29) is 0 Å². The van der Waals surface area contributed by atoms with Crippen molar-refractivity contribution in [1.82, 2.24) is 0 Å². The molecule has 14 heavy (non-hydrogen) atoms. The van der Waals surface area contributed by atoms with Crippen LogP contribution in [0, 0.1) is 0 Å². The topological polar surface area (TPSA) is 18.5 Å². The summed E-state index contributed by atoms with van der Waals surface area (Å²) in [4.78, 5) is 0. The Labute approximate surface area is 92.4 Å². The molecule has 0 amide bonds. The maximum atomic E-state index is 6.07. The number of hydrogen-bond donors (Lipinski definition) is 0. The summed E-state index contributed by atoms with van der Waals surface area (Å²) in [5, 5.41) is 0. The maximum Gasteiger partial charge on any atom is 0.304 e. The average molecular weight is 249 g/mol. The third kappa shape index (κ3) is 8.89. The van der Waals surface area contributed by atoms with Crippen molar-refractivity contribution < 1.29 is 8.23 Å². The summed E-state index contributed by atoms with van der Waals surface area (Å²) in [5.74, 6) is 0. The summed E-state index contributed by atoms with van der Waals surface area (Å²) < 4.78 is 12.1. The van der Waals surface area contributed by atoms with Gasteiger partial charge in [0, 0.05) is 6.04 Å². The first kappa shape index (κ1) is 14.3. The molecule has 0 heterocycles. The molecule has 0 saturated heterocycles. The Morgan fingerprint density at radius 3 is 1.57 bits per heavy atom. The molecule has 0 aromatic carbocycles. The van der Waals surface area contributed by atoms with Crippen molar-refractivity contribution in [2.45, 2.75) is 45.3 Å². The predicted molar refractivity (Wildman–Crippen MR) is 71.0 cm³/mol. The molecule has 0 unspecified atom stereocenters. The van der Waals surface area contributed by atoms with Crippen LogP contribution in [0.2, 0.25) is 45.3 Å². The second-order valence-corrected chi connectivity index (χ2v) is 17.1. The van der Waals surface area contributed by atoms with Gasteiger partial charge in [-0.2, -0.15) is 0 Å². The van der Waals surface area contributed by atoms with Crippen LogP contribution in [0.4, 0.5) is 0 Å². The van der Waals surface area contributed by atoms with Gasteiger partial charge in [0.15, 0.2) is 16.6 Å². The van der Waals surface area contributed by atoms with Crippen LogP contribution in [-0.4, -0.2) is 25.9 Å². The lowest BCUT2D eigenvalue weighted by Crippen LogP contribution is -2.42. The molecule has 5 heteroatoms. The van der Waals surface area contributed by atoms with E-state index in [1.54, 1.807) is 0 Å². The largest absolute Gasteiger partial charge is 0.439 e. The van der Waals surface area contributed by atoms with Crippen LogP contribution < -0.4 is 0 Å². The minimum Gasteiger partial charge on any atom is -0.439 e. The molecule has 0 aromatic rings. The van der Waals surface area contributed by atoms with E-state index in [0.29, 0.717) is 0 Å². The predicted octanol–water partition coefficient (Wildman–Crippen LogP) is 3.10. The smallest absolute Gasteiger partial charge is 0.304 e. The zero-order valence-electron chi connectivity index (χ0n) is 10.4. The van der Waals surface area contributed by atoms with Crippen molar-refractivity contribution in [1.29, 1.82) is 0 Å². The standard InChI is InChI=1S/C9H24O2Si3/c1-8-9-12(10-13(2,3)4)11-14(5,6)7/h8,12H,1,9H2,2-7H3. The molecule has 0 spiro atoms. The Hall–Kier alpha value is 0.311. The molecule has 0 saturated carbocycles. The van der Waals surface area contributed by atoms with Crippen LogP contribution in [0.15, 0.2) is 12.7 Å². The number of hydrogen-bond acceptors (Lipinski definition) is 2. The molecule has 0 aromatic heterocycles. The number of rotatable bonds is 6. The molecule has 2 nitrogen and oxygen atoms in total. The van der Waals surface area contributed by atoms with E-state index < -0.39 is 25.9 Å². The summed E-state index contributed by atoms with van der Waals surface area (Å²) in [6, 6.07) is 0.925. The van der Waals surface area contributed by atoms with Gasteiger partial charge < -0.3 is 8.23 Å². The Kier molecular flexibility index (Phi) is 5.53. The molecule has 0 N–H and O–H groups in total. The van der Waals surface area contributed by atoms with E-state index in [1.807, 2.05) is 6.08 Å². The fourth-order valence-corrected chi connectivity index (χ4v) is 9.02. The first-order chi connectivity index (χ1) is 6.14. The van der Waals surface area contributed by atoms with Gasteiger partial charge in [0.05, 0.1) is 0 Å². The lowest BCUT2D eigenvalue weighted by atomic mass is 10.8. The van der Waals surface area contributed by atoms with E-state index >= 15 is 0 Å². The molecule has 0 fully saturated rings. The van der Waals surface area contributed by atoms with E-state index in [1.165, 1.54) is 0 Å². The van der Waals surface area contributed by atoms with Crippen LogP contribution in [0.25, 0.3) is 0 Å². The van der Waals surface area contributed by atoms with Gasteiger partial charge in [0.2, 0.25) is 0 Å². The van der Waals surface area contributed by atoms with Crippen molar-refractivity contribution in [2.75, 3.05) is 0 Å². The SMILES string of the molecule is C=CC[SiH](O[Si](C)(C)C)O[Si](C)(C)C. The number of allylic oxidation sites excluding steroid dienone is 1. The first-order valence-corrected chi connectivity index (χ1v) is 13.7. The molecule has 0 aliphatic heterocycles. The van der Waals surface area contributed by atoms with Gasteiger partial charge in [-0.1, -0.05) is 6.08 Å². The Balaban J connectivity index is 4.23. The summed E-state index contributed by atoms with van der Waals surface area (Å²) in [5.41, 5.74) is 0. The Bertz CT molecular complexity index is 165. The summed E-state index contributed by atoms with van der Waals surface area (Å²) in [6.07, 6.45) is 1.93. The zero-order valence-corrected chi connectivity index (χ0v) is 13.5. The van der Waals surface area contributed by atoms with Crippen molar-refractivity contribution in [3.63, 3.8) is 0 Å². The van der Waals surface area contributed by atoms with Gasteiger partial charge in [0.1, 0.15) is 0 Å². The Morgan fingerprint density at radius 2 is 1.36 bits per heavy atom. The second-order valence-electron chi connectivity index (χ2n) is 5.41. The minimum atomic E-state index is -1.48. The van der Waals surface area contributed by atoms with E-state index in [4.69, 9.17) is 8.23 Å². The normalized spacial score (nSPS) is 13.4. The highest BCUT2D eigenvalue weighted by Gasteiger charge is 2.27. The molecule has 0 aliphatic carbocycles. The van der Waals surface area contributed by atoms with Gasteiger partial charge in [0.25, 0.3) is 0 Å². The molecule has 0 aliphatic rings. The monoisotopic (exact) mass is 248 g/mol. The lowest BCUT2D eigenvalue weighted by molar-refractivity contribution is 0.422. The van der Waals surface area contributed by atoms with E-state index in [0.717, 1.165) is 6.04 Å². The highest BCUT2D eigenvalue weighted by molar-refractivity contribution is 6.81. The van der Waals surface area contributed by atoms with E-state index in [2.05, 4.69) is 45.9 Å². The summed E-state index contributed by atoms with van der Waals surface area (Å²) >= 11 is 0. The molecular formula is C9H24O2Si3. The van der Waals surface area contributed by atoms with Crippen LogP contribution >= 0.6 is 0 Å². The molecule has 0 atom stereocenters. The molecule has 0 bridgehead atoms. The molecular weight excluding hydrogens is 224 g/mol. The van der Waals surface area contributed by atoms with Crippen LogP contribution in [0.5, 0.6) is 0 Å². The summed E-state index contributed by atoms with van der Waals surface area (Å²) in [6.45, 7) is 17.0. The van der Waals surface area contributed by atoms with Gasteiger partial charge in [-0.15, -0.1) is 6.58 Å².